The van der Waals surface area contributed by atoms with Crippen molar-refractivity contribution in [1.82, 2.24) is 10.3 Å². The fraction of sp³-hybridized carbons (Fsp3) is 0.357. The van der Waals surface area contributed by atoms with Crippen LogP contribution in [0.1, 0.15) is 34.7 Å². The van der Waals surface area contributed by atoms with Gasteiger partial charge in [-0.15, -0.1) is 11.3 Å². The minimum absolute atomic E-state index is 0.134. The Bertz CT molecular complexity index is 519. The van der Waals surface area contributed by atoms with Gasteiger partial charge in [0.05, 0.1) is 11.1 Å². The van der Waals surface area contributed by atoms with Crippen LogP contribution in [-0.2, 0) is 0 Å². The van der Waals surface area contributed by atoms with Crippen molar-refractivity contribution in [1.29, 1.82) is 0 Å². The van der Waals surface area contributed by atoms with E-state index < -0.39 is 0 Å². The fourth-order valence-corrected chi connectivity index (χ4v) is 3.26. The first kappa shape index (κ1) is 13.5. The molecule has 96 valence electrons. The molecule has 1 N–H and O–H groups in total. The second-order valence-corrected chi connectivity index (χ2v) is 5.61. The van der Waals surface area contributed by atoms with E-state index in [1.165, 1.54) is 4.88 Å². The molecule has 2 nitrogen and oxygen atoms in total. The molecule has 2 heterocycles. The molecule has 18 heavy (non-hydrogen) atoms. The van der Waals surface area contributed by atoms with Gasteiger partial charge in [0.1, 0.15) is 0 Å². The number of thiophene rings is 1. The predicted molar refractivity (Wildman–Crippen MR) is 78.6 cm³/mol. The maximum absolute atomic E-state index is 6.37. The summed E-state index contributed by atoms with van der Waals surface area (Å²) in [6, 6.07) is 4.28. The van der Waals surface area contributed by atoms with Crippen LogP contribution >= 0.6 is 22.9 Å². The van der Waals surface area contributed by atoms with Crippen molar-refractivity contribution in [3.63, 3.8) is 0 Å². The van der Waals surface area contributed by atoms with E-state index in [9.17, 15) is 0 Å². The van der Waals surface area contributed by atoms with E-state index in [0.29, 0.717) is 0 Å². The van der Waals surface area contributed by atoms with Crippen LogP contribution in [0.4, 0.5) is 0 Å². The second kappa shape index (κ2) is 5.83. The lowest BCUT2D eigenvalue weighted by molar-refractivity contribution is 0.637. The zero-order valence-electron chi connectivity index (χ0n) is 10.8. The van der Waals surface area contributed by atoms with Gasteiger partial charge in [-0.1, -0.05) is 24.6 Å². The zero-order valence-corrected chi connectivity index (χ0v) is 12.4. The number of hydrogen-bond donors (Lipinski definition) is 1. The van der Waals surface area contributed by atoms with E-state index in [2.05, 4.69) is 28.7 Å². The first-order valence-corrected chi connectivity index (χ1v) is 7.28. The van der Waals surface area contributed by atoms with Crippen LogP contribution in [0.5, 0.6) is 0 Å². The fourth-order valence-electron chi connectivity index (χ4n) is 1.86. The third kappa shape index (κ3) is 2.74. The summed E-state index contributed by atoms with van der Waals surface area (Å²) < 4.78 is 0. The molecule has 0 spiro atoms. The van der Waals surface area contributed by atoms with Gasteiger partial charge in [0.2, 0.25) is 0 Å². The lowest BCUT2D eigenvalue weighted by Crippen LogP contribution is -2.21. The summed E-state index contributed by atoms with van der Waals surface area (Å²) in [6.45, 7) is 7.03. The van der Waals surface area contributed by atoms with Crippen LogP contribution in [0.3, 0.4) is 0 Å². The van der Waals surface area contributed by atoms with Crippen LogP contribution in [-0.4, -0.2) is 11.5 Å². The van der Waals surface area contributed by atoms with E-state index in [1.54, 1.807) is 11.3 Å². The molecule has 0 saturated heterocycles. The molecule has 1 atom stereocenters. The van der Waals surface area contributed by atoms with Gasteiger partial charge in [-0.3, -0.25) is 4.98 Å². The largest absolute Gasteiger partial charge is 0.306 e. The van der Waals surface area contributed by atoms with E-state index in [0.717, 1.165) is 28.4 Å². The first-order valence-electron chi connectivity index (χ1n) is 6.03. The number of pyridine rings is 1. The SMILES string of the molecule is CCNC(c1ccc(C)nc1)c1scc(C)c1Cl. The highest BCUT2D eigenvalue weighted by molar-refractivity contribution is 7.10. The van der Waals surface area contributed by atoms with Gasteiger partial charge in [0.15, 0.2) is 0 Å². The molecule has 0 amide bonds. The van der Waals surface area contributed by atoms with Crippen molar-refractivity contribution < 1.29 is 0 Å². The Kier molecular flexibility index (Phi) is 4.38. The summed E-state index contributed by atoms with van der Waals surface area (Å²) in [4.78, 5) is 5.53. The van der Waals surface area contributed by atoms with Crippen molar-refractivity contribution in [2.75, 3.05) is 6.54 Å². The molecule has 4 heteroatoms. The molecule has 0 bridgehead atoms. The third-order valence-electron chi connectivity index (χ3n) is 2.86. The number of hydrogen-bond acceptors (Lipinski definition) is 3. The monoisotopic (exact) mass is 280 g/mol. The van der Waals surface area contributed by atoms with Gasteiger partial charge in [0.25, 0.3) is 0 Å². The van der Waals surface area contributed by atoms with Crippen LogP contribution in [0.2, 0.25) is 5.02 Å². The van der Waals surface area contributed by atoms with E-state index >= 15 is 0 Å². The summed E-state index contributed by atoms with van der Waals surface area (Å²) in [5.41, 5.74) is 3.33. The lowest BCUT2D eigenvalue weighted by Gasteiger charge is -2.17. The highest BCUT2D eigenvalue weighted by Crippen LogP contribution is 2.35. The molecule has 0 fully saturated rings. The van der Waals surface area contributed by atoms with Crippen LogP contribution < -0.4 is 5.32 Å². The number of nitrogens with zero attached hydrogens (tertiary/aromatic N) is 1. The highest BCUT2D eigenvalue weighted by Gasteiger charge is 2.19. The Morgan fingerprint density at radius 3 is 2.67 bits per heavy atom. The molecule has 0 aliphatic heterocycles. The average molecular weight is 281 g/mol. The number of aryl methyl sites for hydroxylation is 2. The summed E-state index contributed by atoms with van der Waals surface area (Å²) in [7, 11) is 0. The van der Waals surface area contributed by atoms with E-state index in [1.807, 2.05) is 26.1 Å². The molecule has 2 aromatic rings. The van der Waals surface area contributed by atoms with Crippen molar-refractivity contribution in [2.45, 2.75) is 26.8 Å². The van der Waals surface area contributed by atoms with Gasteiger partial charge < -0.3 is 5.32 Å². The maximum Gasteiger partial charge on any atom is 0.0701 e. The topological polar surface area (TPSA) is 24.9 Å². The van der Waals surface area contributed by atoms with Crippen LogP contribution in [0.15, 0.2) is 23.7 Å². The van der Waals surface area contributed by atoms with Gasteiger partial charge >= 0.3 is 0 Å². The summed E-state index contributed by atoms with van der Waals surface area (Å²) in [5, 5.41) is 6.44. The Balaban J connectivity index is 2.39. The maximum atomic E-state index is 6.37. The summed E-state index contributed by atoms with van der Waals surface area (Å²) >= 11 is 8.07. The lowest BCUT2D eigenvalue weighted by atomic mass is 10.1. The molecule has 1 unspecified atom stereocenters. The van der Waals surface area contributed by atoms with Crippen LogP contribution in [0.25, 0.3) is 0 Å². The highest BCUT2D eigenvalue weighted by atomic mass is 35.5. The van der Waals surface area contributed by atoms with Crippen LogP contribution in [0, 0.1) is 13.8 Å². The molecule has 2 rings (SSSR count). The Morgan fingerprint density at radius 2 is 2.17 bits per heavy atom. The Labute approximate surface area is 117 Å². The summed E-state index contributed by atoms with van der Waals surface area (Å²) in [5.74, 6) is 0. The van der Waals surface area contributed by atoms with Gasteiger partial charge in [-0.05, 0) is 43.0 Å². The number of nitrogens with one attached hydrogen (secondary N) is 1. The van der Waals surface area contributed by atoms with E-state index in [-0.39, 0.29) is 6.04 Å². The van der Waals surface area contributed by atoms with Gasteiger partial charge in [0, 0.05) is 16.8 Å². The molecular formula is C14H17ClN2S. The standard InChI is InChI=1S/C14H17ClN2S/c1-4-16-13(11-6-5-10(3)17-7-11)14-12(15)9(2)8-18-14/h5-8,13,16H,4H2,1-3H3. The number of halogens is 1. The average Bonchev–Trinajstić information content (AvgIpc) is 2.69. The molecule has 0 aromatic carbocycles. The normalized spacial score (nSPS) is 12.7. The van der Waals surface area contributed by atoms with Gasteiger partial charge in [-0.25, -0.2) is 0 Å². The molecule has 0 radical (unpaired) electrons. The number of rotatable bonds is 4. The smallest absolute Gasteiger partial charge is 0.0701 e. The molecular weight excluding hydrogens is 264 g/mol. The Morgan fingerprint density at radius 1 is 1.39 bits per heavy atom. The summed E-state index contributed by atoms with van der Waals surface area (Å²) in [6.07, 6.45) is 1.92. The minimum Gasteiger partial charge on any atom is -0.306 e. The van der Waals surface area contributed by atoms with E-state index in [4.69, 9.17) is 11.6 Å². The van der Waals surface area contributed by atoms with Crippen molar-refractivity contribution >= 4 is 22.9 Å². The number of aromatic nitrogens is 1. The van der Waals surface area contributed by atoms with Gasteiger partial charge in [-0.2, -0.15) is 0 Å². The molecule has 0 aliphatic rings. The molecule has 0 aliphatic carbocycles. The predicted octanol–water partition coefficient (Wildman–Crippen LogP) is 4.11. The van der Waals surface area contributed by atoms with Crippen molar-refractivity contribution in [3.8, 4) is 0 Å². The second-order valence-electron chi connectivity index (χ2n) is 4.32. The first-order chi connectivity index (χ1) is 8.63. The zero-order chi connectivity index (χ0) is 13.1. The van der Waals surface area contributed by atoms with Crippen molar-refractivity contribution in [2.24, 2.45) is 0 Å². The van der Waals surface area contributed by atoms with Crippen molar-refractivity contribution in [3.05, 3.63) is 50.4 Å². The third-order valence-corrected chi connectivity index (χ3v) is 4.64. The molecule has 0 saturated carbocycles. The quantitative estimate of drug-likeness (QED) is 0.912. The minimum atomic E-state index is 0.134. The molecule has 2 aromatic heterocycles. The Hall–Kier alpha value is -0.900.